The lowest BCUT2D eigenvalue weighted by molar-refractivity contribution is 0.389. The van der Waals surface area contributed by atoms with E-state index < -0.39 is 0 Å². The number of hydrogen-bond donors (Lipinski definition) is 1. The summed E-state index contributed by atoms with van der Waals surface area (Å²) in [6.07, 6.45) is 1.01. The Morgan fingerprint density at radius 2 is 2.22 bits per heavy atom. The maximum Gasteiger partial charge on any atom is 0.223 e. The van der Waals surface area contributed by atoms with E-state index in [1.807, 2.05) is 4.57 Å². The maximum atomic E-state index is 5.63. The quantitative estimate of drug-likeness (QED) is 0.784. The summed E-state index contributed by atoms with van der Waals surface area (Å²) < 4.78 is 6.96. The molecule has 2 rings (SSSR count). The van der Waals surface area contributed by atoms with Crippen LogP contribution in [0.4, 0.5) is 0 Å². The van der Waals surface area contributed by atoms with E-state index in [-0.39, 0.29) is 0 Å². The number of nitrogens with two attached hydrogens (primary N) is 1. The summed E-state index contributed by atoms with van der Waals surface area (Å²) >= 11 is 1.54. The lowest BCUT2D eigenvalue weighted by Crippen LogP contribution is -2.09. The van der Waals surface area contributed by atoms with Gasteiger partial charge < -0.3 is 14.8 Å². The van der Waals surface area contributed by atoms with E-state index in [2.05, 4.69) is 27.3 Å². The first-order valence-corrected chi connectivity index (χ1v) is 6.77. The zero-order valence-electron chi connectivity index (χ0n) is 10.5. The van der Waals surface area contributed by atoms with E-state index in [9.17, 15) is 0 Å². The first kappa shape index (κ1) is 13.0. The third-order valence-corrected chi connectivity index (χ3v) is 3.29. The van der Waals surface area contributed by atoms with E-state index >= 15 is 0 Å². The fourth-order valence-electron chi connectivity index (χ4n) is 1.55. The van der Waals surface area contributed by atoms with Gasteiger partial charge in [0, 0.05) is 13.5 Å². The number of thioether (sulfide) groups is 1. The molecule has 2 aromatic rings. The standard InChI is InChI=1S/C10H16N6OS/c1-3-4-16-9(5-11)13-14-10(16)18-6-8-12-7(2)17-15-8/h3-6,11H2,1-2H3. The molecule has 0 unspecified atom stereocenters. The minimum absolute atomic E-state index is 0.398. The molecule has 18 heavy (non-hydrogen) atoms. The van der Waals surface area contributed by atoms with Crippen LogP contribution in [0, 0.1) is 6.92 Å². The molecule has 0 atom stereocenters. The van der Waals surface area contributed by atoms with Gasteiger partial charge in [0.15, 0.2) is 11.0 Å². The lowest BCUT2D eigenvalue weighted by atomic mass is 10.4. The highest BCUT2D eigenvalue weighted by molar-refractivity contribution is 7.98. The average molecular weight is 268 g/mol. The Kier molecular flexibility index (Phi) is 4.32. The van der Waals surface area contributed by atoms with Crippen molar-refractivity contribution in [1.82, 2.24) is 24.9 Å². The van der Waals surface area contributed by atoms with Gasteiger partial charge in [0.1, 0.15) is 5.82 Å². The Morgan fingerprint density at radius 3 is 2.83 bits per heavy atom. The Bertz CT molecular complexity index is 508. The van der Waals surface area contributed by atoms with Crippen LogP contribution in [0.2, 0.25) is 0 Å². The summed E-state index contributed by atoms with van der Waals surface area (Å²) in [5.41, 5.74) is 5.63. The van der Waals surface area contributed by atoms with Crippen molar-refractivity contribution < 1.29 is 4.52 Å². The van der Waals surface area contributed by atoms with Crippen molar-refractivity contribution in [1.29, 1.82) is 0 Å². The van der Waals surface area contributed by atoms with Gasteiger partial charge in [0.05, 0.1) is 12.3 Å². The van der Waals surface area contributed by atoms with Crippen molar-refractivity contribution >= 4 is 11.8 Å². The topological polar surface area (TPSA) is 95.7 Å². The Hall–Kier alpha value is -1.41. The number of nitrogens with zero attached hydrogens (tertiary/aromatic N) is 5. The Morgan fingerprint density at radius 1 is 1.39 bits per heavy atom. The average Bonchev–Trinajstić information content (AvgIpc) is 2.94. The lowest BCUT2D eigenvalue weighted by Gasteiger charge is -2.06. The first-order chi connectivity index (χ1) is 8.74. The van der Waals surface area contributed by atoms with Crippen LogP contribution in [-0.4, -0.2) is 24.9 Å². The predicted octanol–water partition coefficient (Wildman–Crippen LogP) is 1.13. The van der Waals surface area contributed by atoms with Crippen LogP contribution in [0.1, 0.15) is 30.9 Å². The van der Waals surface area contributed by atoms with Crippen LogP contribution in [0.25, 0.3) is 0 Å². The first-order valence-electron chi connectivity index (χ1n) is 5.78. The predicted molar refractivity (Wildman–Crippen MR) is 66.8 cm³/mol. The minimum atomic E-state index is 0.398. The molecule has 0 aliphatic heterocycles. The smallest absolute Gasteiger partial charge is 0.223 e. The highest BCUT2D eigenvalue weighted by Crippen LogP contribution is 2.20. The van der Waals surface area contributed by atoms with E-state index in [0.29, 0.717) is 24.0 Å². The molecular weight excluding hydrogens is 252 g/mol. The highest BCUT2D eigenvalue weighted by Gasteiger charge is 2.12. The second-order valence-electron chi connectivity index (χ2n) is 3.77. The highest BCUT2D eigenvalue weighted by atomic mass is 32.2. The second kappa shape index (κ2) is 5.96. The molecule has 0 aliphatic rings. The molecule has 0 radical (unpaired) electrons. The SMILES string of the molecule is CCCn1c(CN)nnc1SCc1noc(C)n1. The van der Waals surface area contributed by atoms with Gasteiger partial charge >= 0.3 is 0 Å². The van der Waals surface area contributed by atoms with Crippen LogP contribution in [0.15, 0.2) is 9.68 Å². The molecule has 0 aliphatic carbocycles. The summed E-state index contributed by atoms with van der Waals surface area (Å²) in [5.74, 6) is 2.66. The van der Waals surface area contributed by atoms with E-state index in [1.54, 1.807) is 6.92 Å². The van der Waals surface area contributed by atoms with Gasteiger partial charge in [-0.1, -0.05) is 23.8 Å². The fraction of sp³-hybridized carbons (Fsp3) is 0.600. The van der Waals surface area contributed by atoms with Gasteiger partial charge in [-0.15, -0.1) is 10.2 Å². The number of hydrogen-bond acceptors (Lipinski definition) is 7. The Balaban J connectivity index is 2.06. The molecule has 0 spiro atoms. The molecule has 0 amide bonds. The van der Waals surface area contributed by atoms with Crippen LogP contribution in [0.3, 0.4) is 0 Å². The molecule has 2 N–H and O–H groups in total. The van der Waals surface area contributed by atoms with E-state index in [4.69, 9.17) is 10.3 Å². The molecule has 2 aromatic heterocycles. The third kappa shape index (κ3) is 2.88. The van der Waals surface area contributed by atoms with Gasteiger partial charge in [-0.2, -0.15) is 4.98 Å². The van der Waals surface area contributed by atoms with Gasteiger partial charge in [0.25, 0.3) is 0 Å². The van der Waals surface area contributed by atoms with Crippen LogP contribution in [-0.2, 0) is 18.8 Å². The van der Waals surface area contributed by atoms with Crippen molar-refractivity contribution in [2.45, 2.75) is 44.3 Å². The second-order valence-corrected chi connectivity index (χ2v) is 4.72. The molecule has 0 aromatic carbocycles. The van der Waals surface area contributed by atoms with Crippen molar-refractivity contribution in [3.63, 3.8) is 0 Å². The van der Waals surface area contributed by atoms with Gasteiger partial charge in [0.2, 0.25) is 5.89 Å². The van der Waals surface area contributed by atoms with Gasteiger partial charge in [-0.25, -0.2) is 0 Å². The summed E-state index contributed by atoms with van der Waals surface area (Å²) in [7, 11) is 0. The summed E-state index contributed by atoms with van der Waals surface area (Å²) in [5, 5.41) is 12.9. The third-order valence-electron chi connectivity index (χ3n) is 2.32. The molecule has 8 heteroatoms. The molecule has 98 valence electrons. The molecule has 0 fully saturated rings. The van der Waals surface area contributed by atoms with E-state index in [1.165, 1.54) is 11.8 Å². The molecular formula is C10H16N6OS. The largest absolute Gasteiger partial charge is 0.340 e. The number of aryl methyl sites for hydroxylation is 1. The molecule has 2 heterocycles. The van der Waals surface area contributed by atoms with Gasteiger partial charge in [-0.3, -0.25) is 0 Å². The van der Waals surface area contributed by atoms with Crippen molar-refractivity contribution in [2.24, 2.45) is 5.73 Å². The van der Waals surface area contributed by atoms with Gasteiger partial charge in [-0.05, 0) is 6.42 Å². The van der Waals surface area contributed by atoms with Crippen molar-refractivity contribution in [3.05, 3.63) is 17.5 Å². The molecule has 0 saturated carbocycles. The van der Waals surface area contributed by atoms with Crippen LogP contribution < -0.4 is 5.73 Å². The maximum absolute atomic E-state index is 5.63. The number of aromatic nitrogens is 5. The summed E-state index contributed by atoms with van der Waals surface area (Å²) in [4.78, 5) is 4.15. The molecule has 0 saturated heterocycles. The monoisotopic (exact) mass is 268 g/mol. The normalized spacial score (nSPS) is 11.1. The van der Waals surface area contributed by atoms with Crippen LogP contribution >= 0.6 is 11.8 Å². The minimum Gasteiger partial charge on any atom is -0.340 e. The zero-order valence-corrected chi connectivity index (χ0v) is 11.3. The fourth-order valence-corrected chi connectivity index (χ4v) is 2.38. The zero-order chi connectivity index (χ0) is 13.0. The molecule has 7 nitrogen and oxygen atoms in total. The summed E-state index contributed by atoms with van der Waals surface area (Å²) in [6, 6.07) is 0. The van der Waals surface area contributed by atoms with Crippen molar-refractivity contribution in [3.8, 4) is 0 Å². The Labute approximate surface area is 109 Å². The van der Waals surface area contributed by atoms with E-state index in [0.717, 1.165) is 23.9 Å². The van der Waals surface area contributed by atoms with Crippen LogP contribution in [0.5, 0.6) is 0 Å². The van der Waals surface area contributed by atoms with Crippen molar-refractivity contribution in [2.75, 3.05) is 0 Å². The summed E-state index contributed by atoms with van der Waals surface area (Å²) in [6.45, 7) is 5.15. The number of rotatable bonds is 6. The molecule has 0 bridgehead atoms.